The summed E-state index contributed by atoms with van der Waals surface area (Å²) in [6, 6.07) is 3.59. The average Bonchev–Trinajstić information content (AvgIpc) is 2.27. The van der Waals surface area contributed by atoms with E-state index >= 15 is 0 Å². The van der Waals surface area contributed by atoms with Gasteiger partial charge in [-0.2, -0.15) is 0 Å². The van der Waals surface area contributed by atoms with Crippen LogP contribution in [0.2, 0.25) is 0 Å². The third-order valence-electron chi connectivity index (χ3n) is 2.25. The molecule has 0 N–H and O–H groups in total. The quantitative estimate of drug-likeness (QED) is 0.624. The van der Waals surface area contributed by atoms with Crippen molar-refractivity contribution >= 4 is 28.0 Å². The average molecular weight is 301 g/mol. The van der Waals surface area contributed by atoms with E-state index in [1.54, 1.807) is 19.1 Å². The Kier molecular flexibility index (Phi) is 5.35. The Morgan fingerprint density at radius 3 is 2.82 bits per heavy atom. The molecule has 0 aliphatic carbocycles. The van der Waals surface area contributed by atoms with Gasteiger partial charge in [0.25, 0.3) is 0 Å². The monoisotopic (exact) mass is 300 g/mol. The van der Waals surface area contributed by atoms with Crippen molar-refractivity contribution in [1.82, 2.24) is 0 Å². The SMILES string of the molecule is CCOC(=O)/C=C/c1c(C)cc(Br)cc1CF. The minimum atomic E-state index is -0.567. The van der Waals surface area contributed by atoms with Crippen LogP contribution in [0.15, 0.2) is 22.7 Å². The molecule has 92 valence electrons. The summed E-state index contributed by atoms with van der Waals surface area (Å²) in [5, 5.41) is 0. The summed E-state index contributed by atoms with van der Waals surface area (Å²) in [4.78, 5) is 11.2. The van der Waals surface area contributed by atoms with Crippen molar-refractivity contribution < 1.29 is 13.9 Å². The summed E-state index contributed by atoms with van der Waals surface area (Å²) in [6.45, 7) is 3.37. The minimum absolute atomic E-state index is 0.332. The number of halogens is 2. The van der Waals surface area contributed by atoms with Gasteiger partial charge in [-0.05, 0) is 48.7 Å². The van der Waals surface area contributed by atoms with Crippen LogP contribution in [0.3, 0.4) is 0 Å². The number of aryl methyl sites for hydroxylation is 1. The highest BCUT2D eigenvalue weighted by Gasteiger charge is 2.05. The predicted octanol–water partition coefficient (Wildman–Crippen LogP) is 3.80. The van der Waals surface area contributed by atoms with E-state index in [9.17, 15) is 9.18 Å². The van der Waals surface area contributed by atoms with Gasteiger partial charge in [0.15, 0.2) is 0 Å². The van der Waals surface area contributed by atoms with Crippen molar-refractivity contribution in [3.63, 3.8) is 0 Å². The van der Waals surface area contributed by atoms with Gasteiger partial charge in [-0.15, -0.1) is 0 Å². The van der Waals surface area contributed by atoms with Crippen LogP contribution in [0.25, 0.3) is 6.08 Å². The lowest BCUT2D eigenvalue weighted by Crippen LogP contribution is -1.99. The summed E-state index contributed by atoms with van der Waals surface area (Å²) >= 11 is 3.31. The summed E-state index contributed by atoms with van der Waals surface area (Å²) in [5.74, 6) is -0.417. The Morgan fingerprint density at radius 1 is 1.53 bits per heavy atom. The first-order valence-electron chi connectivity index (χ1n) is 5.28. The maximum atomic E-state index is 12.8. The van der Waals surface area contributed by atoms with E-state index in [0.717, 1.165) is 15.6 Å². The molecule has 0 radical (unpaired) electrons. The first kappa shape index (κ1) is 13.9. The Hall–Kier alpha value is -1.16. The molecule has 17 heavy (non-hydrogen) atoms. The molecule has 1 rings (SSSR count). The number of alkyl halides is 1. The van der Waals surface area contributed by atoms with Crippen LogP contribution in [-0.2, 0) is 16.2 Å². The molecule has 0 spiro atoms. The Balaban J connectivity index is 3.01. The van der Waals surface area contributed by atoms with Gasteiger partial charge in [-0.25, -0.2) is 9.18 Å². The van der Waals surface area contributed by atoms with Gasteiger partial charge < -0.3 is 4.74 Å². The number of hydrogen-bond donors (Lipinski definition) is 0. The molecule has 0 saturated carbocycles. The van der Waals surface area contributed by atoms with Crippen molar-refractivity contribution in [2.75, 3.05) is 6.61 Å². The third-order valence-corrected chi connectivity index (χ3v) is 2.71. The summed E-state index contributed by atoms with van der Waals surface area (Å²) in [7, 11) is 0. The molecule has 0 heterocycles. The molecule has 1 aromatic carbocycles. The highest BCUT2D eigenvalue weighted by molar-refractivity contribution is 9.10. The summed E-state index contributed by atoms with van der Waals surface area (Å²) in [6.07, 6.45) is 2.91. The number of benzene rings is 1. The van der Waals surface area contributed by atoms with Crippen LogP contribution in [0.1, 0.15) is 23.6 Å². The number of esters is 1. The number of hydrogen-bond acceptors (Lipinski definition) is 2. The molecule has 0 fully saturated rings. The highest BCUT2D eigenvalue weighted by Crippen LogP contribution is 2.23. The zero-order chi connectivity index (χ0) is 12.8. The van der Waals surface area contributed by atoms with E-state index in [0.29, 0.717) is 12.2 Å². The van der Waals surface area contributed by atoms with Gasteiger partial charge >= 0.3 is 5.97 Å². The van der Waals surface area contributed by atoms with Crippen LogP contribution in [-0.4, -0.2) is 12.6 Å². The lowest BCUT2D eigenvalue weighted by Gasteiger charge is -2.07. The number of carbonyl (C=O) groups is 1. The highest BCUT2D eigenvalue weighted by atomic mass is 79.9. The van der Waals surface area contributed by atoms with Gasteiger partial charge in [-0.3, -0.25) is 0 Å². The van der Waals surface area contributed by atoms with Crippen LogP contribution in [0, 0.1) is 6.92 Å². The number of rotatable bonds is 4. The molecule has 0 bridgehead atoms. The van der Waals surface area contributed by atoms with E-state index in [2.05, 4.69) is 15.9 Å². The first-order chi connectivity index (χ1) is 8.08. The molecule has 0 aromatic heterocycles. The Labute approximate surface area is 109 Å². The molecule has 0 aliphatic heterocycles. The molecule has 0 unspecified atom stereocenters. The maximum absolute atomic E-state index is 12.8. The van der Waals surface area contributed by atoms with Gasteiger partial charge in [0.1, 0.15) is 6.67 Å². The van der Waals surface area contributed by atoms with E-state index in [-0.39, 0.29) is 0 Å². The fourth-order valence-electron chi connectivity index (χ4n) is 1.51. The molecular formula is C13H14BrFO2. The van der Waals surface area contributed by atoms with Crippen molar-refractivity contribution in [3.05, 3.63) is 39.4 Å². The first-order valence-corrected chi connectivity index (χ1v) is 6.07. The van der Waals surface area contributed by atoms with Crippen molar-refractivity contribution in [2.24, 2.45) is 0 Å². The predicted molar refractivity (Wildman–Crippen MR) is 69.4 cm³/mol. The molecule has 0 saturated heterocycles. The van der Waals surface area contributed by atoms with Crippen LogP contribution in [0.4, 0.5) is 4.39 Å². The molecule has 0 atom stereocenters. The second-order valence-corrected chi connectivity index (χ2v) is 4.43. The van der Waals surface area contributed by atoms with Gasteiger partial charge in [0.05, 0.1) is 6.61 Å². The van der Waals surface area contributed by atoms with Gasteiger partial charge in [0, 0.05) is 10.5 Å². The van der Waals surface area contributed by atoms with Crippen molar-refractivity contribution in [3.8, 4) is 0 Å². The van der Waals surface area contributed by atoms with E-state index in [1.807, 2.05) is 13.0 Å². The molecule has 1 aromatic rings. The standard InChI is InChI=1S/C13H14BrFO2/c1-3-17-13(16)5-4-12-9(2)6-11(14)7-10(12)8-15/h4-7H,3,8H2,1-2H3/b5-4+. The summed E-state index contributed by atoms with van der Waals surface area (Å²) in [5.41, 5.74) is 2.19. The zero-order valence-corrected chi connectivity index (χ0v) is 11.4. The molecular weight excluding hydrogens is 287 g/mol. The van der Waals surface area contributed by atoms with E-state index in [4.69, 9.17) is 4.74 Å². The van der Waals surface area contributed by atoms with E-state index < -0.39 is 12.6 Å². The summed E-state index contributed by atoms with van der Waals surface area (Å²) < 4.78 is 18.4. The fourth-order valence-corrected chi connectivity index (χ4v) is 2.13. The normalized spacial score (nSPS) is 10.8. The van der Waals surface area contributed by atoms with E-state index in [1.165, 1.54) is 6.08 Å². The molecule has 4 heteroatoms. The lowest BCUT2D eigenvalue weighted by molar-refractivity contribution is -0.137. The largest absolute Gasteiger partial charge is 0.463 e. The third kappa shape index (κ3) is 3.97. The van der Waals surface area contributed by atoms with Crippen LogP contribution in [0.5, 0.6) is 0 Å². The Morgan fingerprint density at radius 2 is 2.24 bits per heavy atom. The maximum Gasteiger partial charge on any atom is 0.330 e. The van der Waals surface area contributed by atoms with Gasteiger partial charge in [-0.1, -0.05) is 15.9 Å². The molecule has 0 amide bonds. The smallest absolute Gasteiger partial charge is 0.330 e. The number of carbonyl (C=O) groups excluding carboxylic acids is 1. The lowest BCUT2D eigenvalue weighted by atomic mass is 10.0. The van der Waals surface area contributed by atoms with Crippen LogP contribution >= 0.6 is 15.9 Å². The second kappa shape index (κ2) is 6.55. The van der Waals surface area contributed by atoms with Crippen molar-refractivity contribution in [1.29, 1.82) is 0 Å². The van der Waals surface area contributed by atoms with Crippen molar-refractivity contribution in [2.45, 2.75) is 20.5 Å². The Bertz CT molecular complexity index is 441. The fraction of sp³-hybridized carbons (Fsp3) is 0.308. The topological polar surface area (TPSA) is 26.3 Å². The number of ether oxygens (including phenoxy) is 1. The molecule has 2 nitrogen and oxygen atoms in total. The second-order valence-electron chi connectivity index (χ2n) is 3.51. The minimum Gasteiger partial charge on any atom is -0.463 e. The zero-order valence-electron chi connectivity index (χ0n) is 9.80. The molecule has 0 aliphatic rings. The van der Waals surface area contributed by atoms with Gasteiger partial charge in [0.2, 0.25) is 0 Å². The van der Waals surface area contributed by atoms with Crippen LogP contribution < -0.4 is 0 Å².